The van der Waals surface area contributed by atoms with Crippen LogP contribution in [0, 0.1) is 6.92 Å². The maximum atomic E-state index is 12.1. The topological polar surface area (TPSA) is 50.2 Å². The molecule has 0 aromatic carbocycles. The molecule has 0 fully saturated rings. The van der Waals surface area contributed by atoms with Gasteiger partial charge in [0.2, 0.25) is 0 Å². The Morgan fingerprint density at radius 2 is 2.29 bits per heavy atom. The fraction of sp³-hybridized carbons (Fsp3) is 0.333. The van der Waals surface area contributed by atoms with Crippen LogP contribution in [0.3, 0.4) is 0 Å². The van der Waals surface area contributed by atoms with Crippen molar-refractivity contribution in [2.75, 3.05) is 7.05 Å². The number of aromatic nitrogens is 2. The van der Waals surface area contributed by atoms with E-state index in [0.29, 0.717) is 18.1 Å². The Balaban J connectivity index is 1.91. The molecule has 2 rings (SSSR count). The van der Waals surface area contributed by atoms with E-state index in [0.717, 1.165) is 17.0 Å². The van der Waals surface area contributed by atoms with E-state index < -0.39 is 0 Å². The number of hydrogen-bond acceptors (Lipinski definition) is 2. The highest BCUT2D eigenvalue weighted by atomic mass is 35.5. The number of amides is 2. The summed E-state index contributed by atoms with van der Waals surface area (Å²) in [6.45, 7) is 2.89. The summed E-state index contributed by atoms with van der Waals surface area (Å²) in [6.07, 6.45) is 3.55. The third-order valence-electron chi connectivity index (χ3n) is 3.35. The Hall–Kier alpha value is -2.01. The standard InChI is InChI=1S/C15H19ClN4O/c1-11-5-4-6-17-14(11)8-18-15(21)20(3)10-13-7-12(16)9-19(13)2/h4-7,9H,8,10H2,1-3H3,(H,18,21). The van der Waals surface area contributed by atoms with Crippen LogP contribution >= 0.6 is 11.6 Å². The smallest absolute Gasteiger partial charge is 0.317 e. The molecule has 1 N–H and O–H groups in total. The lowest BCUT2D eigenvalue weighted by Crippen LogP contribution is -2.37. The first-order chi connectivity index (χ1) is 9.97. The fourth-order valence-corrected chi connectivity index (χ4v) is 2.31. The maximum Gasteiger partial charge on any atom is 0.317 e. The Bertz CT molecular complexity index is 638. The number of nitrogens with zero attached hydrogens (tertiary/aromatic N) is 3. The van der Waals surface area contributed by atoms with Gasteiger partial charge in [-0.3, -0.25) is 4.98 Å². The molecule has 0 aliphatic heterocycles. The summed E-state index contributed by atoms with van der Waals surface area (Å²) >= 11 is 5.94. The molecule has 0 aliphatic rings. The molecular formula is C15H19ClN4O. The van der Waals surface area contributed by atoms with E-state index in [1.165, 1.54) is 0 Å². The van der Waals surface area contributed by atoms with E-state index in [1.54, 1.807) is 18.1 Å². The van der Waals surface area contributed by atoms with Gasteiger partial charge in [-0.1, -0.05) is 17.7 Å². The Morgan fingerprint density at radius 3 is 2.90 bits per heavy atom. The van der Waals surface area contributed by atoms with E-state index in [1.807, 2.05) is 42.9 Å². The van der Waals surface area contributed by atoms with Gasteiger partial charge in [0.25, 0.3) is 0 Å². The molecule has 0 spiro atoms. The normalized spacial score (nSPS) is 10.5. The molecule has 0 unspecified atom stereocenters. The van der Waals surface area contributed by atoms with Gasteiger partial charge in [-0.2, -0.15) is 0 Å². The van der Waals surface area contributed by atoms with Crippen LogP contribution in [0.15, 0.2) is 30.6 Å². The first-order valence-electron chi connectivity index (χ1n) is 6.67. The molecule has 2 heterocycles. The van der Waals surface area contributed by atoms with Crippen molar-refractivity contribution in [3.63, 3.8) is 0 Å². The second kappa shape index (κ2) is 6.63. The molecule has 6 heteroatoms. The molecule has 0 bridgehead atoms. The predicted octanol–water partition coefficient (Wildman–Crippen LogP) is 2.72. The molecule has 0 aliphatic carbocycles. The number of urea groups is 1. The molecule has 0 saturated carbocycles. The second-order valence-corrected chi connectivity index (χ2v) is 5.48. The van der Waals surface area contributed by atoms with Gasteiger partial charge in [0.15, 0.2) is 0 Å². The van der Waals surface area contributed by atoms with Crippen molar-refractivity contribution in [1.29, 1.82) is 0 Å². The molecule has 2 amide bonds. The SMILES string of the molecule is Cc1cccnc1CNC(=O)N(C)Cc1cc(Cl)cn1C. The van der Waals surface area contributed by atoms with Crippen LogP contribution in [0.5, 0.6) is 0 Å². The fourth-order valence-electron chi connectivity index (χ4n) is 2.04. The number of aryl methyl sites for hydroxylation is 2. The van der Waals surface area contributed by atoms with Crippen LogP contribution < -0.4 is 5.32 Å². The third-order valence-corrected chi connectivity index (χ3v) is 3.55. The molecule has 112 valence electrons. The van der Waals surface area contributed by atoms with Crippen molar-refractivity contribution >= 4 is 17.6 Å². The molecule has 0 atom stereocenters. The zero-order valence-electron chi connectivity index (χ0n) is 12.4. The van der Waals surface area contributed by atoms with Crippen LogP contribution in [0.4, 0.5) is 4.79 Å². The average Bonchev–Trinajstić information content (AvgIpc) is 2.75. The van der Waals surface area contributed by atoms with E-state index >= 15 is 0 Å². The van der Waals surface area contributed by atoms with E-state index in [4.69, 9.17) is 11.6 Å². The summed E-state index contributed by atoms with van der Waals surface area (Å²) < 4.78 is 1.91. The van der Waals surface area contributed by atoms with Crippen molar-refractivity contribution in [2.24, 2.45) is 7.05 Å². The first-order valence-corrected chi connectivity index (χ1v) is 7.05. The number of halogens is 1. The Morgan fingerprint density at radius 1 is 1.52 bits per heavy atom. The van der Waals surface area contributed by atoms with Crippen LogP contribution in [0.2, 0.25) is 5.02 Å². The van der Waals surface area contributed by atoms with Crippen molar-refractivity contribution in [3.8, 4) is 0 Å². The average molecular weight is 307 g/mol. The van der Waals surface area contributed by atoms with E-state index in [9.17, 15) is 4.79 Å². The zero-order valence-corrected chi connectivity index (χ0v) is 13.2. The second-order valence-electron chi connectivity index (χ2n) is 5.04. The van der Waals surface area contributed by atoms with Crippen molar-refractivity contribution < 1.29 is 4.79 Å². The van der Waals surface area contributed by atoms with Gasteiger partial charge in [-0.25, -0.2) is 4.79 Å². The number of hydrogen-bond donors (Lipinski definition) is 1. The largest absolute Gasteiger partial charge is 0.351 e. The molecule has 0 saturated heterocycles. The highest BCUT2D eigenvalue weighted by molar-refractivity contribution is 6.30. The maximum absolute atomic E-state index is 12.1. The molecule has 2 aromatic rings. The van der Waals surface area contributed by atoms with Crippen molar-refractivity contribution in [2.45, 2.75) is 20.0 Å². The summed E-state index contributed by atoms with van der Waals surface area (Å²) in [7, 11) is 3.66. The monoisotopic (exact) mass is 306 g/mol. The van der Waals surface area contributed by atoms with Crippen LogP contribution in [0.1, 0.15) is 17.0 Å². The minimum atomic E-state index is -0.141. The number of nitrogens with one attached hydrogen (secondary N) is 1. The first kappa shape index (κ1) is 15.4. The Labute approximate surface area is 129 Å². The molecule has 2 aromatic heterocycles. The molecule has 21 heavy (non-hydrogen) atoms. The van der Waals surface area contributed by atoms with E-state index in [2.05, 4.69) is 10.3 Å². The van der Waals surface area contributed by atoms with Gasteiger partial charge in [0.05, 0.1) is 23.8 Å². The van der Waals surface area contributed by atoms with Crippen LogP contribution in [-0.4, -0.2) is 27.5 Å². The summed E-state index contributed by atoms with van der Waals surface area (Å²) in [5.74, 6) is 0. The Kier molecular flexibility index (Phi) is 4.85. The zero-order chi connectivity index (χ0) is 15.4. The lowest BCUT2D eigenvalue weighted by molar-refractivity contribution is 0.205. The van der Waals surface area contributed by atoms with Gasteiger partial charge >= 0.3 is 6.03 Å². The summed E-state index contributed by atoms with van der Waals surface area (Å²) in [5.41, 5.74) is 2.92. The van der Waals surface area contributed by atoms with Gasteiger partial charge in [-0.15, -0.1) is 0 Å². The minimum Gasteiger partial charge on any atom is -0.351 e. The predicted molar refractivity (Wildman–Crippen MR) is 83.1 cm³/mol. The van der Waals surface area contributed by atoms with Gasteiger partial charge in [0.1, 0.15) is 0 Å². The number of rotatable bonds is 4. The van der Waals surface area contributed by atoms with E-state index in [-0.39, 0.29) is 6.03 Å². The van der Waals surface area contributed by atoms with Crippen LogP contribution in [0.25, 0.3) is 0 Å². The van der Waals surface area contributed by atoms with Gasteiger partial charge in [-0.05, 0) is 24.6 Å². The minimum absolute atomic E-state index is 0.141. The number of carbonyl (C=O) groups is 1. The molecular weight excluding hydrogens is 288 g/mol. The molecule has 0 radical (unpaired) electrons. The summed E-state index contributed by atoms with van der Waals surface area (Å²) in [5, 5.41) is 3.54. The van der Waals surface area contributed by atoms with Crippen LogP contribution in [-0.2, 0) is 20.1 Å². The van der Waals surface area contributed by atoms with Crippen molar-refractivity contribution in [3.05, 3.63) is 52.6 Å². The molecule has 5 nitrogen and oxygen atoms in total. The highest BCUT2D eigenvalue weighted by Gasteiger charge is 2.12. The highest BCUT2D eigenvalue weighted by Crippen LogP contribution is 2.14. The summed E-state index contributed by atoms with van der Waals surface area (Å²) in [6, 6.07) is 5.57. The lowest BCUT2D eigenvalue weighted by atomic mass is 10.2. The lowest BCUT2D eigenvalue weighted by Gasteiger charge is -2.18. The third kappa shape index (κ3) is 3.98. The number of pyridine rings is 1. The number of carbonyl (C=O) groups excluding carboxylic acids is 1. The van der Waals surface area contributed by atoms with Crippen molar-refractivity contribution in [1.82, 2.24) is 19.8 Å². The van der Waals surface area contributed by atoms with Gasteiger partial charge in [0, 0.05) is 32.2 Å². The summed E-state index contributed by atoms with van der Waals surface area (Å²) in [4.78, 5) is 18.0. The quantitative estimate of drug-likeness (QED) is 0.944. The van der Waals surface area contributed by atoms with Gasteiger partial charge < -0.3 is 14.8 Å².